The number of benzene rings is 2. The zero-order valence-electron chi connectivity index (χ0n) is 15.4. The van der Waals surface area contributed by atoms with Crippen LogP contribution in [0.15, 0.2) is 60.7 Å². The number of esters is 1. The Morgan fingerprint density at radius 2 is 1.57 bits per heavy atom. The summed E-state index contributed by atoms with van der Waals surface area (Å²) in [5, 5.41) is 2.52. The van der Waals surface area contributed by atoms with Crippen LogP contribution < -0.4 is 5.32 Å². The molecule has 1 saturated heterocycles. The van der Waals surface area contributed by atoms with Gasteiger partial charge in [-0.15, -0.1) is 0 Å². The van der Waals surface area contributed by atoms with Gasteiger partial charge in [0.1, 0.15) is 6.54 Å². The molecule has 1 atom stereocenters. The average Bonchev–Trinajstić information content (AvgIpc) is 2.77. The van der Waals surface area contributed by atoms with Crippen molar-refractivity contribution in [2.45, 2.75) is 6.10 Å². The highest BCUT2D eigenvalue weighted by Crippen LogP contribution is 2.21. The smallest absolute Gasteiger partial charge is 0.326 e. The number of hydrogen-bond donors (Lipinski definition) is 1. The number of rotatable bonds is 6. The molecular weight excluding hydrogens is 360 g/mol. The van der Waals surface area contributed by atoms with E-state index in [1.165, 1.54) is 0 Å². The molecule has 7 heteroatoms. The lowest BCUT2D eigenvalue weighted by molar-refractivity contribution is -0.162. The normalized spacial score (nSPS) is 14.8. The summed E-state index contributed by atoms with van der Waals surface area (Å²) in [5.74, 6) is -1.36. The highest BCUT2D eigenvalue weighted by molar-refractivity contribution is 5.96. The van der Waals surface area contributed by atoms with Crippen LogP contribution >= 0.6 is 0 Å². The second kappa shape index (κ2) is 9.66. The van der Waals surface area contributed by atoms with Crippen molar-refractivity contribution in [2.24, 2.45) is 0 Å². The van der Waals surface area contributed by atoms with Crippen molar-refractivity contribution >= 4 is 17.8 Å². The minimum atomic E-state index is -1.06. The van der Waals surface area contributed by atoms with Gasteiger partial charge in [0.25, 0.3) is 11.8 Å². The first-order chi connectivity index (χ1) is 13.6. The van der Waals surface area contributed by atoms with E-state index in [0.717, 1.165) is 0 Å². The Kier molecular flexibility index (Phi) is 6.75. The lowest BCUT2D eigenvalue weighted by Gasteiger charge is -2.30. The van der Waals surface area contributed by atoms with E-state index in [4.69, 9.17) is 9.47 Å². The monoisotopic (exact) mass is 382 g/mol. The van der Waals surface area contributed by atoms with Crippen LogP contribution in [0.4, 0.5) is 0 Å². The fourth-order valence-corrected chi connectivity index (χ4v) is 2.86. The molecule has 0 spiro atoms. The maximum absolute atomic E-state index is 12.9. The zero-order chi connectivity index (χ0) is 19.8. The Labute approximate surface area is 163 Å². The molecule has 0 radical (unpaired) electrons. The van der Waals surface area contributed by atoms with Crippen LogP contribution in [-0.4, -0.2) is 55.5 Å². The van der Waals surface area contributed by atoms with Crippen LogP contribution in [-0.2, 0) is 19.1 Å². The van der Waals surface area contributed by atoms with Crippen LogP contribution in [0.5, 0.6) is 0 Å². The Balaban J connectivity index is 1.64. The molecule has 0 bridgehead atoms. The molecule has 28 heavy (non-hydrogen) atoms. The first kappa shape index (κ1) is 19.6. The van der Waals surface area contributed by atoms with Gasteiger partial charge in [0, 0.05) is 24.2 Å². The largest absolute Gasteiger partial charge is 0.446 e. The summed E-state index contributed by atoms with van der Waals surface area (Å²) >= 11 is 0. The summed E-state index contributed by atoms with van der Waals surface area (Å²) in [6, 6.07) is 17.4. The number of nitrogens with zero attached hydrogens (tertiary/aromatic N) is 1. The topological polar surface area (TPSA) is 84.9 Å². The molecule has 7 nitrogen and oxygen atoms in total. The second-order valence-electron chi connectivity index (χ2n) is 6.27. The molecule has 3 rings (SSSR count). The fourth-order valence-electron chi connectivity index (χ4n) is 2.86. The van der Waals surface area contributed by atoms with Crippen LogP contribution in [0.3, 0.4) is 0 Å². The summed E-state index contributed by atoms with van der Waals surface area (Å²) < 4.78 is 10.7. The number of carbonyl (C=O) groups is 3. The molecular formula is C21H22N2O5. The molecule has 0 saturated carbocycles. The Morgan fingerprint density at radius 1 is 0.964 bits per heavy atom. The van der Waals surface area contributed by atoms with E-state index in [1.807, 2.05) is 6.07 Å². The van der Waals surface area contributed by atoms with E-state index < -0.39 is 12.1 Å². The Morgan fingerprint density at radius 3 is 2.21 bits per heavy atom. The van der Waals surface area contributed by atoms with Crippen LogP contribution in [0.1, 0.15) is 22.0 Å². The summed E-state index contributed by atoms with van der Waals surface area (Å²) in [4.78, 5) is 38.9. The maximum Gasteiger partial charge on any atom is 0.326 e. The van der Waals surface area contributed by atoms with Gasteiger partial charge in [0.2, 0.25) is 6.10 Å². The highest BCUT2D eigenvalue weighted by atomic mass is 16.5. The number of morpholine rings is 1. The number of nitrogens with one attached hydrogen (secondary N) is 1. The summed E-state index contributed by atoms with van der Waals surface area (Å²) in [7, 11) is 0. The van der Waals surface area contributed by atoms with Gasteiger partial charge in [-0.2, -0.15) is 0 Å². The fraction of sp³-hybridized carbons (Fsp3) is 0.286. The van der Waals surface area contributed by atoms with E-state index in [0.29, 0.717) is 37.4 Å². The van der Waals surface area contributed by atoms with Gasteiger partial charge in [-0.1, -0.05) is 48.5 Å². The third-order valence-corrected chi connectivity index (χ3v) is 4.33. The zero-order valence-corrected chi connectivity index (χ0v) is 15.4. The molecule has 146 valence electrons. The van der Waals surface area contributed by atoms with Gasteiger partial charge < -0.3 is 19.7 Å². The van der Waals surface area contributed by atoms with Crippen LogP contribution in [0, 0.1) is 0 Å². The van der Waals surface area contributed by atoms with E-state index in [1.54, 1.807) is 59.5 Å². The highest BCUT2D eigenvalue weighted by Gasteiger charge is 2.30. The van der Waals surface area contributed by atoms with Gasteiger partial charge in [0.15, 0.2) is 0 Å². The lowest BCUT2D eigenvalue weighted by Crippen LogP contribution is -2.44. The summed E-state index contributed by atoms with van der Waals surface area (Å²) in [6.45, 7) is 1.48. The van der Waals surface area contributed by atoms with E-state index in [-0.39, 0.29) is 18.4 Å². The molecule has 2 aromatic carbocycles. The minimum absolute atomic E-state index is 0.294. The van der Waals surface area contributed by atoms with E-state index in [9.17, 15) is 14.4 Å². The Hall–Kier alpha value is -3.19. The molecule has 2 aromatic rings. The molecule has 0 aliphatic carbocycles. The molecule has 0 unspecified atom stereocenters. The van der Waals surface area contributed by atoms with Crippen molar-refractivity contribution < 1.29 is 23.9 Å². The molecule has 1 heterocycles. The maximum atomic E-state index is 12.9. The molecule has 2 amide bonds. The molecule has 1 aliphatic rings. The molecule has 0 aromatic heterocycles. The van der Waals surface area contributed by atoms with Gasteiger partial charge in [-0.3, -0.25) is 14.4 Å². The predicted octanol–water partition coefficient (Wildman–Crippen LogP) is 1.56. The molecule has 1 aliphatic heterocycles. The van der Waals surface area contributed by atoms with Crippen molar-refractivity contribution in [2.75, 3.05) is 32.8 Å². The SMILES string of the molecule is O=C(CNC(=O)c1ccccc1)O[C@@H](C(=O)N1CCOCC1)c1ccccc1. The van der Waals surface area contributed by atoms with Gasteiger partial charge in [0.05, 0.1) is 13.2 Å². The molecule has 1 N–H and O–H groups in total. The average molecular weight is 382 g/mol. The summed E-state index contributed by atoms with van der Waals surface area (Å²) in [5.41, 5.74) is 1.03. The number of carbonyl (C=O) groups excluding carboxylic acids is 3. The van der Waals surface area contributed by atoms with Crippen LogP contribution in [0.25, 0.3) is 0 Å². The Bertz CT molecular complexity index is 804. The van der Waals surface area contributed by atoms with Gasteiger partial charge in [-0.05, 0) is 12.1 Å². The number of hydrogen-bond acceptors (Lipinski definition) is 5. The third-order valence-electron chi connectivity index (χ3n) is 4.33. The molecule has 1 fully saturated rings. The first-order valence-corrected chi connectivity index (χ1v) is 9.09. The quantitative estimate of drug-likeness (QED) is 0.767. The van der Waals surface area contributed by atoms with Gasteiger partial charge in [-0.25, -0.2) is 0 Å². The minimum Gasteiger partial charge on any atom is -0.446 e. The van der Waals surface area contributed by atoms with Crippen molar-refractivity contribution in [1.29, 1.82) is 0 Å². The van der Waals surface area contributed by atoms with E-state index >= 15 is 0 Å². The second-order valence-corrected chi connectivity index (χ2v) is 6.27. The number of ether oxygens (including phenoxy) is 2. The lowest BCUT2D eigenvalue weighted by atomic mass is 10.1. The van der Waals surface area contributed by atoms with Crippen LogP contribution in [0.2, 0.25) is 0 Å². The van der Waals surface area contributed by atoms with Crippen molar-refractivity contribution in [3.8, 4) is 0 Å². The standard InChI is InChI=1S/C21H22N2O5/c24-18(15-22-20(25)17-9-5-2-6-10-17)28-19(16-7-3-1-4-8-16)21(26)23-11-13-27-14-12-23/h1-10,19H,11-15H2,(H,22,25)/t19-/m1/s1. The van der Waals surface area contributed by atoms with E-state index in [2.05, 4.69) is 5.32 Å². The summed E-state index contributed by atoms with van der Waals surface area (Å²) in [6.07, 6.45) is -1.06. The number of amides is 2. The van der Waals surface area contributed by atoms with Gasteiger partial charge >= 0.3 is 5.97 Å². The van der Waals surface area contributed by atoms with Crippen molar-refractivity contribution in [1.82, 2.24) is 10.2 Å². The first-order valence-electron chi connectivity index (χ1n) is 9.09. The third kappa shape index (κ3) is 5.17. The predicted molar refractivity (Wildman–Crippen MR) is 101 cm³/mol. The van der Waals surface area contributed by atoms with Crippen molar-refractivity contribution in [3.63, 3.8) is 0 Å². The van der Waals surface area contributed by atoms with Crippen molar-refractivity contribution in [3.05, 3.63) is 71.8 Å².